The number of carbonyl (C=O) groups excluding carboxylic acids is 3. The number of carboxylic acid groups (broad SMARTS) is 1. The fraction of sp³-hybridized carbons (Fsp3) is 0.583. The molecule has 0 aliphatic heterocycles. The van der Waals surface area contributed by atoms with Crippen molar-refractivity contribution in [2.75, 3.05) is 14.2 Å². The summed E-state index contributed by atoms with van der Waals surface area (Å²) in [6, 6.07) is -1.40. The Morgan fingerprint density at radius 3 is 2.18 bits per heavy atom. The number of carboxylic acids is 1. The number of aromatic carboxylic acids is 1. The van der Waals surface area contributed by atoms with Crippen LogP contribution >= 0.6 is 22.7 Å². The van der Waals surface area contributed by atoms with E-state index in [1.54, 1.807) is 27.7 Å². The highest BCUT2D eigenvalue weighted by atomic mass is 32.1. The molecular formula is C24H35N5O7S2. The molecule has 0 saturated heterocycles. The Balaban J connectivity index is 2.34. The summed E-state index contributed by atoms with van der Waals surface area (Å²) < 4.78 is 10.4. The average molecular weight is 570 g/mol. The number of aromatic nitrogens is 2. The van der Waals surface area contributed by atoms with Crippen molar-refractivity contribution in [3.8, 4) is 0 Å². The van der Waals surface area contributed by atoms with Crippen molar-refractivity contribution in [2.24, 2.45) is 5.92 Å². The number of amides is 3. The third-order valence-electron chi connectivity index (χ3n) is 5.10. The zero-order chi connectivity index (χ0) is 28.8. The smallest absolute Gasteiger partial charge is 0.408 e. The first kappa shape index (κ1) is 31.1. The number of aryl methyl sites for hydroxylation is 1. The Morgan fingerprint density at radius 2 is 1.66 bits per heavy atom. The van der Waals surface area contributed by atoms with Gasteiger partial charge in [0.2, 0.25) is 5.91 Å². The molecule has 14 heteroatoms. The maximum atomic E-state index is 13.3. The molecule has 0 fully saturated rings. The minimum atomic E-state index is -1.17. The van der Waals surface area contributed by atoms with Crippen LogP contribution in [0.15, 0.2) is 0 Å². The first-order valence-corrected chi connectivity index (χ1v) is 13.5. The maximum Gasteiger partial charge on any atom is 0.408 e. The summed E-state index contributed by atoms with van der Waals surface area (Å²) in [6.45, 7) is 10.7. The monoisotopic (exact) mass is 569 g/mol. The third-order valence-corrected chi connectivity index (χ3v) is 7.29. The molecule has 0 unspecified atom stereocenters. The van der Waals surface area contributed by atoms with Gasteiger partial charge in [0.15, 0.2) is 5.69 Å². The number of methoxy groups -OCH3 is 1. The maximum absolute atomic E-state index is 13.3. The van der Waals surface area contributed by atoms with Crippen LogP contribution in [0, 0.1) is 12.8 Å². The molecule has 4 N–H and O–H groups in total. The molecule has 2 heterocycles. The fourth-order valence-electron chi connectivity index (χ4n) is 3.34. The predicted octanol–water partition coefficient (Wildman–Crippen LogP) is 3.58. The minimum absolute atomic E-state index is 0.0873. The van der Waals surface area contributed by atoms with Crippen LogP contribution in [0.4, 0.5) is 4.79 Å². The van der Waals surface area contributed by atoms with Crippen LogP contribution in [0.3, 0.4) is 0 Å². The van der Waals surface area contributed by atoms with E-state index >= 15 is 0 Å². The second-order valence-corrected chi connectivity index (χ2v) is 12.1. The van der Waals surface area contributed by atoms with E-state index in [1.807, 2.05) is 13.8 Å². The van der Waals surface area contributed by atoms with Gasteiger partial charge >= 0.3 is 12.1 Å². The number of ether oxygens (including phenoxy) is 2. The van der Waals surface area contributed by atoms with E-state index in [1.165, 1.54) is 36.8 Å². The van der Waals surface area contributed by atoms with Gasteiger partial charge in [0, 0.05) is 19.0 Å². The predicted molar refractivity (Wildman–Crippen MR) is 142 cm³/mol. The number of nitrogens with zero attached hydrogens (tertiary/aromatic N) is 2. The molecule has 0 radical (unpaired) electrons. The summed E-state index contributed by atoms with van der Waals surface area (Å²) in [4.78, 5) is 59.2. The van der Waals surface area contributed by atoms with Crippen molar-refractivity contribution >= 4 is 46.6 Å². The molecule has 0 saturated carbocycles. The molecule has 0 bridgehead atoms. The molecule has 0 aliphatic carbocycles. The second-order valence-electron chi connectivity index (χ2n) is 9.79. The van der Waals surface area contributed by atoms with E-state index in [0.29, 0.717) is 19.8 Å². The summed E-state index contributed by atoms with van der Waals surface area (Å²) >= 11 is 2.35. The van der Waals surface area contributed by atoms with Gasteiger partial charge in [-0.2, -0.15) is 0 Å². The minimum Gasteiger partial charge on any atom is -0.476 e. The molecule has 38 heavy (non-hydrogen) atoms. The normalized spacial score (nSPS) is 13.1. The summed E-state index contributed by atoms with van der Waals surface area (Å²) in [5.74, 6) is -2.10. The lowest BCUT2D eigenvalue weighted by molar-refractivity contribution is -0.121. The van der Waals surface area contributed by atoms with Crippen LogP contribution in [0.2, 0.25) is 0 Å². The molecule has 210 valence electrons. The zero-order valence-corrected chi connectivity index (χ0v) is 24.4. The van der Waals surface area contributed by atoms with Crippen molar-refractivity contribution in [3.05, 3.63) is 31.2 Å². The van der Waals surface area contributed by atoms with Gasteiger partial charge in [0.1, 0.15) is 21.3 Å². The number of carbonyl (C=O) groups is 4. The molecule has 2 rings (SSSR count). The van der Waals surface area contributed by atoms with E-state index in [-0.39, 0.29) is 36.2 Å². The van der Waals surface area contributed by atoms with Gasteiger partial charge in [-0.1, -0.05) is 13.8 Å². The van der Waals surface area contributed by atoms with E-state index in [2.05, 4.69) is 25.9 Å². The molecule has 2 aromatic rings. The topological polar surface area (TPSA) is 169 Å². The summed E-state index contributed by atoms with van der Waals surface area (Å²) in [6.07, 6.45) is -0.812. The van der Waals surface area contributed by atoms with Crippen LogP contribution in [0.25, 0.3) is 0 Å². The quantitative estimate of drug-likeness (QED) is 0.316. The van der Waals surface area contributed by atoms with Gasteiger partial charge in [0.25, 0.3) is 5.91 Å². The Morgan fingerprint density at radius 1 is 1.03 bits per heavy atom. The Kier molecular flexibility index (Phi) is 10.7. The van der Waals surface area contributed by atoms with Crippen molar-refractivity contribution < 1.29 is 33.8 Å². The lowest BCUT2D eigenvalue weighted by Gasteiger charge is -2.22. The van der Waals surface area contributed by atoms with E-state index in [9.17, 15) is 24.3 Å². The van der Waals surface area contributed by atoms with Gasteiger partial charge < -0.3 is 30.5 Å². The first-order chi connectivity index (χ1) is 17.7. The molecule has 2 aromatic heterocycles. The van der Waals surface area contributed by atoms with E-state index in [4.69, 9.17) is 9.47 Å². The van der Waals surface area contributed by atoms with Crippen molar-refractivity contribution in [2.45, 2.75) is 72.3 Å². The zero-order valence-electron chi connectivity index (χ0n) is 22.8. The molecule has 3 amide bonds. The summed E-state index contributed by atoms with van der Waals surface area (Å²) in [5.41, 5.74) is -0.712. The standard InChI is InChI=1S/C24H35N5O7S2/c1-11(2)16(21-29-18(22(32)33)14(38-21)10-35-8)27-19(31)17-12(3)37-20(28-17)13(9-15(30)25-7)26-23(34)36-24(4,5)6/h11,13,16H,9-10H2,1-8H3,(H,25,30)(H,26,34)(H,27,31)(H,32,33)/t13-,16-/m0/s1. The highest BCUT2D eigenvalue weighted by molar-refractivity contribution is 7.12. The SMILES string of the molecule is CNC(=O)C[C@H](NC(=O)OC(C)(C)C)c1nc(C(=O)N[C@H](c2nc(C(=O)O)c(COC)s2)C(C)C)c(C)s1. The number of rotatable bonds is 11. The van der Waals surface area contributed by atoms with Gasteiger partial charge in [-0.05, 0) is 33.6 Å². The van der Waals surface area contributed by atoms with Gasteiger partial charge in [-0.3, -0.25) is 9.59 Å². The Labute approximate surface area is 229 Å². The van der Waals surface area contributed by atoms with Crippen molar-refractivity contribution in [1.82, 2.24) is 25.9 Å². The lowest BCUT2D eigenvalue weighted by atomic mass is 10.0. The number of nitrogens with one attached hydrogen (secondary N) is 3. The average Bonchev–Trinajstić information content (AvgIpc) is 3.39. The van der Waals surface area contributed by atoms with Crippen molar-refractivity contribution in [1.29, 1.82) is 0 Å². The van der Waals surface area contributed by atoms with E-state index in [0.717, 1.165) is 0 Å². The number of hydrogen-bond acceptors (Lipinski definition) is 10. The third kappa shape index (κ3) is 8.46. The van der Waals surface area contributed by atoms with Crippen LogP contribution in [-0.2, 0) is 20.9 Å². The van der Waals surface area contributed by atoms with Crippen LogP contribution in [0.1, 0.15) is 93.9 Å². The highest BCUT2D eigenvalue weighted by Gasteiger charge is 2.30. The molecule has 2 atom stereocenters. The van der Waals surface area contributed by atoms with Gasteiger partial charge in [-0.25, -0.2) is 19.6 Å². The molecule has 0 spiro atoms. The number of alkyl carbamates (subject to hydrolysis) is 1. The Bertz CT molecular complexity index is 1170. The molecule has 0 aromatic carbocycles. The first-order valence-electron chi connectivity index (χ1n) is 11.9. The highest BCUT2D eigenvalue weighted by Crippen LogP contribution is 2.31. The van der Waals surface area contributed by atoms with Crippen LogP contribution in [-0.4, -0.2) is 58.7 Å². The Hall–Kier alpha value is -3.10. The fourth-order valence-corrected chi connectivity index (χ4v) is 5.56. The summed E-state index contributed by atoms with van der Waals surface area (Å²) in [7, 11) is 2.95. The number of hydrogen-bond donors (Lipinski definition) is 4. The lowest BCUT2D eigenvalue weighted by Crippen LogP contribution is -2.37. The molecule has 12 nitrogen and oxygen atoms in total. The summed E-state index contributed by atoms with van der Waals surface area (Å²) in [5, 5.41) is 18.4. The van der Waals surface area contributed by atoms with Gasteiger partial charge in [0.05, 0.1) is 30.0 Å². The van der Waals surface area contributed by atoms with Crippen molar-refractivity contribution in [3.63, 3.8) is 0 Å². The van der Waals surface area contributed by atoms with Crippen LogP contribution < -0.4 is 16.0 Å². The van der Waals surface area contributed by atoms with Crippen LogP contribution in [0.5, 0.6) is 0 Å². The molecule has 0 aliphatic rings. The van der Waals surface area contributed by atoms with E-state index < -0.39 is 35.7 Å². The number of thiazole rings is 2. The second kappa shape index (κ2) is 13.1. The molecular weight excluding hydrogens is 534 g/mol. The largest absolute Gasteiger partial charge is 0.476 e. The van der Waals surface area contributed by atoms with Gasteiger partial charge in [-0.15, -0.1) is 22.7 Å².